The highest BCUT2D eigenvalue weighted by Gasteiger charge is 2.28. The molecule has 27 heavy (non-hydrogen) atoms. The molecule has 1 atom stereocenters. The lowest BCUT2D eigenvalue weighted by Crippen LogP contribution is -2.46. The number of likely N-dealkylation sites (tertiary alicyclic amines) is 1. The van der Waals surface area contributed by atoms with Crippen LogP contribution in [0.1, 0.15) is 41.0 Å². The van der Waals surface area contributed by atoms with Gasteiger partial charge in [0.15, 0.2) is 6.61 Å². The second-order valence-corrected chi connectivity index (χ2v) is 6.96. The first-order valence-corrected chi connectivity index (χ1v) is 9.20. The van der Waals surface area contributed by atoms with Crippen LogP contribution in [0.15, 0.2) is 30.3 Å². The van der Waals surface area contributed by atoms with Crippen LogP contribution in [0.2, 0.25) is 0 Å². The Hall–Kier alpha value is -2.83. The van der Waals surface area contributed by atoms with Crippen LogP contribution in [0, 0.1) is 13.8 Å². The molecule has 1 fully saturated rings. The Labute approximate surface area is 158 Å². The number of nitrogens with zero attached hydrogens (tertiary/aromatic N) is 3. The van der Waals surface area contributed by atoms with E-state index in [2.05, 4.69) is 5.10 Å². The topological polar surface area (TPSA) is 84.7 Å². The van der Waals surface area contributed by atoms with Gasteiger partial charge in [0, 0.05) is 17.8 Å². The zero-order chi connectivity index (χ0) is 19.4. The second-order valence-electron chi connectivity index (χ2n) is 6.96. The molecule has 1 unspecified atom stereocenters. The minimum absolute atomic E-state index is 0.00832. The van der Waals surface area contributed by atoms with E-state index in [0.29, 0.717) is 17.9 Å². The number of carboxylic acids is 1. The van der Waals surface area contributed by atoms with E-state index in [4.69, 9.17) is 9.84 Å². The third-order valence-corrected chi connectivity index (χ3v) is 4.84. The van der Waals surface area contributed by atoms with Crippen molar-refractivity contribution in [2.75, 3.05) is 13.2 Å². The fraction of sp³-hybridized carbons (Fsp3) is 0.450. The molecule has 1 aliphatic rings. The number of hydrogen-bond acceptors (Lipinski definition) is 4. The first-order chi connectivity index (χ1) is 12.9. The fourth-order valence-electron chi connectivity index (χ4n) is 3.52. The van der Waals surface area contributed by atoms with Gasteiger partial charge >= 0.3 is 5.97 Å². The predicted molar refractivity (Wildman–Crippen MR) is 99.9 cm³/mol. The number of carbonyl (C=O) groups is 2. The van der Waals surface area contributed by atoms with Crippen molar-refractivity contribution in [3.05, 3.63) is 47.3 Å². The molecule has 0 saturated carbocycles. The number of benzene rings is 1. The summed E-state index contributed by atoms with van der Waals surface area (Å²) in [4.78, 5) is 25.5. The van der Waals surface area contributed by atoms with Gasteiger partial charge in [-0.2, -0.15) is 5.10 Å². The SMILES string of the molecule is Cc1cc(C)n(CC2CCCCN2C(=O)c2ccc(OCC(=O)O)cc2)n1. The predicted octanol–water partition coefficient (Wildman–Crippen LogP) is 2.66. The van der Waals surface area contributed by atoms with Crippen LogP contribution in [-0.2, 0) is 11.3 Å². The van der Waals surface area contributed by atoms with E-state index in [-0.39, 0.29) is 11.9 Å². The first kappa shape index (κ1) is 18.9. The smallest absolute Gasteiger partial charge is 0.341 e. The van der Waals surface area contributed by atoms with Gasteiger partial charge in [0.25, 0.3) is 5.91 Å². The van der Waals surface area contributed by atoms with Crippen molar-refractivity contribution >= 4 is 11.9 Å². The van der Waals surface area contributed by atoms with Crippen LogP contribution in [0.3, 0.4) is 0 Å². The Balaban J connectivity index is 1.71. The Kier molecular flexibility index (Phi) is 5.78. The summed E-state index contributed by atoms with van der Waals surface area (Å²) in [6, 6.07) is 8.81. The third kappa shape index (κ3) is 4.67. The highest BCUT2D eigenvalue weighted by atomic mass is 16.5. The van der Waals surface area contributed by atoms with Gasteiger partial charge in [-0.1, -0.05) is 0 Å². The average molecular weight is 371 g/mol. The Morgan fingerprint density at radius 3 is 2.59 bits per heavy atom. The van der Waals surface area contributed by atoms with Crippen LogP contribution in [0.4, 0.5) is 0 Å². The van der Waals surface area contributed by atoms with Crippen molar-refractivity contribution in [1.82, 2.24) is 14.7 Å². The lowest BCUT2D eigenvalue weighted by molar-refractivity contribution is -0.139. The maximum Gasteiger partial charge on any atom is 0.341 e. The minimum Gasteiger partial charge on any atom is -0.482 e. The lowest BCUT2D eigenvalue weighted by Gasteiger charge is -2.36. The number of aromatic nitrogens is 2. The lowest BCUT2D eigenvalue weighted by atomic mass is 10.0. The molecule has 1 amide bonds. The first-order valence-electron chi connectivity index (χ1n) is 9.20. The number of rotatable bonds is 6. The Morgan fingerprint density at radius 2 is 1.96 bits per heavy atom. The van der Waals surface area contributed by atoms with Crippen LogP contribution in [-0.4, -0.2) is 50.9 Å². The molecule has 3 rings (SSSR count). The molecular weight excluding hydrogens is 346 g/mol. The van der Waals surface area contributed by atoms with E-state index in [1.165, 1.54) is 0 Å². The summed E-state index contributed by atoms with van der Waals surface area (Å²) >= 11 is 0. The van der Waals surface area contributed by atoms with Gasteiger partial charge in [0.05, 0.1) is 18.3 Å². The van der Waals surface area contributed by atoms with Crippen LogP contribution in [0.5, 0.6) is 5.75 Å². The summed E-state index contributed by atoms with van der Waals surface area (Å²) in [6.07, 6.45) is 3.07. The van der Waals surface area contributed by atoms with E-state index >= 15 is 0 Å². The molecule has 144 valence electrons. The number of aliphatic carboxylic acids is 1. The number of piperidine rings is 1. The van der Waals surface area contributed by atoms with Crippen molar-refractivity contribution in [2.24, 2.45) is 0 Å². The third-order valence-electron chi connectivity index (χ3n) is 4.84. The summed E-state index contributed by atoms with van der Waals surface area (Å²) in [5.74, 6) is -0.603. The van der Waals surface area contributed by atoms with Crippen molar-refractivity contribution in [1.29, 1.82) is 0 Å². The molecule has 1 aromatic carbocycles. The molecular formula is C20H25N3O4. The van der Waals surface area contributed by atoms with Gasteiger partial charge in [-0.15, -0.1) is 0 Å². The monoisotopic (exact) mass is 371 g/mol. The molecule has 2 heterocycles. The number of carboxylic acid groups (broad SMARTS) is 1. The highest BCUT2D eigenvalue weighted by molar-refractivity contribution is 5.94. The van der Waals surface area contributed by atoms with Crippen molar-refractivity contribution in [3.63, 3.8) is 0 Å². The zero-order valence-electron chi connectivity index (χ0n) is 15.7. The van der Waals surface area contributed by atoms with E-state index in [1.807, 2.05) is 29.5 Å². The fourth-order valence-corrected chi connectivity index (χ4v) is 3.52. The average Bonchev–Trinajstić information content (AvgIpc) is 2.97. The van der Waals surface area contributed by atoms with E-state index in [9.17, 15) is 9.59 Å². The minimum atomic E-state index is -1.03. The van der Waals surface area contributed by atoms with Gasteiger partial charge in [-0.05, 0) is 63.4 Å². The largest absolute Gasteiger partial charge is 0.482 e. The summed E-state index contributed by atoms with van der Waals surface area (Å²) in [5, 5.41) is 13.2. The molecule has 1 saturated heterocycles. The molecule has 7 heteroatoms. The van der Waals surface area contributed by atoms with Crippen LogP contribution >= 0.6 is 0 Å². The number of carbonyl (C=O) groups excluding carboxylic acids is 1. The normalized spacial score (nSPS) is 17.0. The molecule has 1 N–H and O–H groups in total. The zero-order valence-corrected chi connectivity index (χ0v) is 15.7. The summed E-state index contributed by atoms with van der Waals surface area (Å²) in [6.45, 7) is 5.04. The van der Waals surface area contributed by atoms with Gasteiger partial charge in [-0.3, -0.25) is 9.48 Å². The van der Waals surface area contributed by atoms with E-state index < -0.39 is 12.6 Å². The molecule has 0 aliphatic carbocycles. The maximum atomic E-state index is 13.0. The quantitative estimate of drug-likeness (QED) is 0.844. The number of aryl methyl sites for hydroxylation is 2. The standard InChI is InChI=1S/C20H25N3O4/c1-14-11-15(2)23(21-14)12-17-5-3-4-10-22(17)20(26)16-6-8-18(9-7-16)27-13-19(24)25/h6-9,11,17H,3-5,10,12-13H2,1-2H3,(H,24,25). The van der Waals surface area contributed by atoms with Crippen molar-refractivity contribution in [2.45, 2.75) is 45.7 Å². The Bertz CT molecular complexity index is 813. The van der Waals surface area contributed by atoms with Gasteiger partial charge < -0.3 is 14.7 Å². The van der Waals surface area contributed by atoms with Crippen LogP contribution < -0.4 is 4.74 Å². The van der Waals surface area contributed by atoms with E-state index in [1.54, 1.807) is 24.3 Å². The van der Waals surface area contributed by atoms with Crippen LogP contribution in [0.25, 0.3) is 0 Å². The van der Waals surface area contributed by atoms with Crippen molar-refractivity contribution < 1.29 is 19.4 Å². The molecule has 2 aromatic rings. The van der Waals surface area contributed by atoms with Gasteiger partial charge in [-0.25, -0.2) is 4.79 Å². The summed E-state index contributed by atoms with van der Waals surface area (Å²) in [5.41, 5.74) is 2.67. The van der Waals surface area contributed by atoms with Gasteiger partial charge in [0.1, 0.15) is 5.75 Å². The number of ether oxygens (including phenoxy) is 1. The molecule has 1 aliphatic heterocycles. The molecule has 0 radical (unpaired) electrons. The number of amides is 1. The summed E-state index contributed by atoms with van der Waals surface area (Å²) in [7, 11) is 0. The second kappa shape index (κ2) is 8.24. The van der Waals surface area contributed by atoms with E-state index in [0.717, 1.165) is 37.2 Å². The van der Waals surface area contributed by atoms with Crippen molar-refractivity contribution in [3.8, 4) is 5.75 Å². The Morgan fingerprint density at radius 1 is 1.22 bits per heavy atom. The molecule has 0 bridgehead atoms. The highest BCUT2D eigenvalue weighted by Crippen LogP contribution is 2.23. The maximum absolute atomic E-state index is 13.0. The molecule has 1 aromatic heterocycles. The summed E-state index contributed by atoms with van der Waals surface area (Å²) < 4.78 is 7.11. The van der Waals surface area contributed by atoms with Gasteiger partial charge in [0.2, 0.25) is 0 Å². The number of hydrogen-bond donors (Lipinski definition) is 1. The molecule has 0 spiro atoms. The molecule has 7 nitrogen and oxygen atoms in total.